The number of hydrogen-bond donors (Lipinski definition) is 2. The van der Waals surface area contributed by atoms with Gasteiger partial charge in [0.05, 0.1) is 0 Å². The van der Waals surface area contributed by atoms with Gasteiger partial charge in [0, 0.05) is 18.3 Å². The van der Waals surface area contributed by atoms with Crippen LogP contribution in [-0.4, -0.2) is 22.4 Å². The second-order valence-electron chi connectivity index (χ2n) is 6.85. The van der Waals surface area contributed by atoms with Crippen molar-refractivity contribution < 1.29 is 9.53 Å². The molecular weight excluding hydrogens is 352 g/mol. The van der Waals surface area contributed by atoms with Gasteiger partial charge in [0.15, 0.2) is 0 Å². The number of aryl methyl sites for hydroxylation is 1. The maximum absolute atomic E-state index is 12.6. The number of ether oxygens (including phenoxy) is 1. The number of nitrogens with zero attached hydrogens (tertiary/aromatic N) is 2. The number of benzene rings is 2. The fourth-order valence-electron chi connectivity index (χ4n) is 2.51. The Balaban J connectivity index is 1.65. The molecule has 3 aromatic rings. The monoisotopic (exact) mass is 376 g/mol. The summed E-state index contributed by atoms with van der Waals surface area (Å²) in [4.78, 5) is 21.1. The first-order chi connectivity index (χ1) is 13.5. The fourth-order valence-corrected chi connectivity index (χ4v) is 2.51. The molecule has 2 aromatic carbocycles. The van der Waals surface area contributed by atoms with Crippen molar-refractivity contribution in [2.45, 2.75) is 20.8 Å². The van der Waals surface area contributed by atoms with Crippen LogP contribution in [0.15, 0.2) is 60.7 Å². The highest BCUT2D eigenvalue weighted by Gasteiger charge is 2.11. The van der Waals surface area contributed by atoms with Crippen molar-refractivity contribution in [2.24, 2.45) is 5.92 Å². The highest BCUT2D eigenvalue weighted by atomic mass is 16.5. The molecule has 0 unspecified atom stereocenters. The summed E-state index contributed by atoms with van der Waals surface area (Å²) in [5.41, 5.74) is 0.988. The minimum Gasteiger partial charge on any atom is -0.457 e. The molecule has 0 saturated heterocycles. The Morgan fingerprint density at radius 1 is 1.00 bits per heavy atom. The summed E-state index contributed by atoms with van der Waals surface area (Å²) in [6, 6.07) is 18.4. The zero-order valence-corrected chi connectivity index (χ0v) is 16.3. The lowest BCUT2D eigenvalue weighted by atomic mass is 10.2. The van der Waals surface area contributed by atoms with Crippen LogP contribution in [-0.2, 0) is 0 Å². The van der Waals surface area contributed by atoms with Crippen molar-refractivity contribution in [3.63, 3.8) is 0 Å². The molecular formula is C22H24N4O2. The molecule has 0 atom stereocenters. The number of amides is 1. The molecule has 6 nitrogen and oxygen atoms in total. The maximum atomic E-state index is 12.6. The molecule has 2 N–H and O–H groups in total. The number of rotatable bonds is 7. The first-order valence-corrected chi connectivity index (χ1v) is 9.23. The summed E-state index contributed by atoms with van der Waals surface area (Å²) in [6.45, 7) is 6.77. The van der Waals surface area contributed by atoms with Crippen LogP contribution >= 0.6 is 0 Å². The number of aromatic nitrogens is 2. The van der Waals surface area contributed by atoms with Crippen molar-refractivity contribution >= 4 is 17.4 Å². The molecule has 0 fully saturated rings. The third-order valence-corrected chi connectivity index (χ3v) is 3.85. The average molecular weight is 376 g/mol. The van der Waals surface area contributed by atoms with Gasteiger partial charge in [-0.2, -0.15) is 0 Å². The Labute approximate surface area is 165 Å². The van der Waals surface area contributed by atoms with Crippen LogP contribution in [0, 0.1) is 12.8 Å². The van der Waals surface area contributed by atoms with Gasteiger partial charge in [-0.3, -0.25) is 4.79 Å². The molecule has 0 bridgehead atoms. The van der Waals surface area contributed by atoms with Crippen molar-refractivity contribution in [1.82, 2.24) is 9.97 Å². The van der Waals surface area contributed by atoms with Crippen LogP contribution in [0.2, 0.25) is 0 Å². The Bertz CT molecular complexity index is 925. The zero-order valence-electron chi connectivity index (χ0n) is 16.3. The number of para-hydroxylation sites is 1. The molecule has 6 heteroatoms. The van der Waals surface area contributed by atoms with Gasteiger partial charge in [-0.1, -0.05) is 32.0 Å². The van der Waals surface area contributed by atoms with E-state index in [1.807, 2.05) is 42.5 Å². The predicted molar refractivity (Wildman–Crippen MR) is 111 cm³/mol. The lowest BCUT2D eigenvalue weighted by molar-refractivity contribution is 0.102. The van der Waals surface area contributed by atoms with E-state index in [2.05, 4.69) is 34.4 Å². The van der Waals surface area contributed by atoms with Crippen LogP contribution in [0.4, 0.5) is 11.5 Å². The lowest BCUT2D eigenvalue weighted by Gasteiger charge is -2.11. The summed E-state index contributed by atoms with van der Waals surface area (Å²) >= 11 is 0. The van der Waals surface area contributed by atoms with Crippen molar-refractivity contribution in [2.75, 3.05) is 17.2 Å². The summed E-state index contributed by atoms with van der Waals surface area (Å²) < 4.78 is 5.76. The van der Waals surface area contributed by atoms with E-state index in [1.165, 1.54) is 0 Å². The number of nitrogens with one attached hydrogen (secondary N) is 2. The third kappa shape index (κ3) is 5.54. The Morgan fingerprint density at radius 3 is 2.36 bits per heavy atom. The van der Waals surface area contributed by atoms with Gasteiger partial charge < -0.3 is 15.4 Å². The fraction of sp³-hybridized carbons (Fsp3) is 0.227. The van der Waals surface area contributed by atoms with Gasteiger partial charge in [0.25, 0.3) is 5.91 Å². The lowest BCUT2D eigenvalue weighted by Crippen LogP contribution is -2.16. The van der Waals surface area contributed by atoms with Crippen LogP contribution in [0.25, 0.3) is 0 Å². The molecule has 144 valence electrons. The molecule has 28 heavy (non-hydrogen) atoms. The Kier molecular flexibility index (Phi) is 6.22. The van der Waals surface area contributed by atoms with Gasteiger partial charge in [-0.05, 0) is 49.2 Å². The zero-order chi connectivity index (χ0) is 19.9. The van der Waals surface area contributed by atoms with E-state index in [9.17, 15) is 4.79 Å². The number of hydrogen-bond acceptors (Lipinski definition) is 5. The average Bonchev–Trinajstić information content (AvgIpc) is 2.68. The topological polar surface area (TPSA) is 76.1 Å². The highest BCUT2D eigenvalue weighted by molar-refractivity contribution is 6.03. The Morgan fingerprint density at radius 2 is 1.68 bits per heavy atom. The molecule has 0 radical (unpaired) electrons. The van der Waals surface area contributed by atoms with Gasteiger partial charge in [0.1, 0.15) is 28.8 Å². The molecule has 1 heterocycles. The summed E-state index contributed by atoms with van der Waals surface area (Å²) in [6.07, 6.45) is 0. The van der Waals surface area contributed by atoms with E-state index in [1.54, 1.807) is 25.1 Å². The van der Waals surface area contributed by atoms with Crippen molar-refractivity contribution in [3.8, 4) is 11.5 Å². The number of carbonyl (C=O) groups is 1. The van der Waals surface area contributed by atoms with Crippen LogP contribution < -0.4 is 15.4 Å². The number of carbonyl (C=O) groups excluding carboxylic acids is 1. The second kappa shape index (κ2) is 8.99. The molecule has 1 aromatic heterocycles. The van der Waals surface area contributed by atoms with E-state index in [0.29, 0.717) is 34.7 Å². The smallest absolute Gasteiger partial charge is 0.274 e. The summed E-state index contributed by atoms with van der Waals surface area (Å²) in [7, 11) is 0. The first-order valence-electron chi connectivity index (χ1n) is 9.23. The van der Waals surface area contributed by atoms with Crippen LogP contribution in [0.3, 0.4) is 0 Å². The van der Waals surface area contributed by atoms with Crippen molar-refractivity contribution in [3.05, 3.63) is 72.2 Å². The molecule has 0 saturated carbocycles. The molecule has 1 amide bonds. The first kappa shape index (κ1) is 19.4. The quantitative estimate of drug-likeness (QED) is 0.613. The SMILES string of the molecule is Cc1nc(NCC(C)C)cc(C(=O)Nc2ccc(Oc3ccccc3)cc2)n1. The normalized spacial score (nSPS) is 10.6. The van der Waals surface area contributed by atoms with Gasteiger partial charge >= 0.3 is 0 Å². The van der Waals surface area contributed by atoms with Gasteiger partial charge in [-0.25, -0.2) is 9.97 Å². The maximum Gasteiger partial charge on any atom is 0.274 e. The Hall–Kier alpha value is -3.41. The highest BCUT2D eigenvalue weighted by Crippen LogP contribution is 2.23. The van der Waals surface area contributed by atoms with Gasteiger partial charge in [0.2, 0.25) is 0 Å². The van der Waals surface area contributed by atoms with E-state index in [0.717, 1.165) is 12.3 Å². The molecule has 3 rings (SSSR count). The molecule has 0 aliphatic heterocycles. The largest absolute Gasteiger partial charge is 0.457 e. The third-order valence-electron chi connectivity index (χ3n) is 3.85. The molecule has 0 spiro atoms. The van der Waals surface area contributed by atoms with E-state index in [4.69, 9.17) is 4.74 Å². The standard InChI is InChI=1S/C22H24N4O2/c1-15(2)14-23-21-13-20(24-16(3)25-21)22(27)26-17-9-11-19(12-10-17)28-18-7-5-4-6-8-18/h4-13,15H,14H2,1-3H3,(H,26,27)(H,23,24,25). The van der Waals surface area contributed by atoms with Crippen LogP contribution in [0.1, 0.15) is 30.2 Å². The van der Waals surface area contributed by atoms with Crippen LogP contribution in [0.5, 0.6) is 11.5 Å². The number of anilines is 2. The van der Waals surface area contributed by atoms with E-state index < -0.39 is 0 Å². The minimum atomic E-state index is -0.283. The summed E-state index contributed by atoms with van der Waals surface area (Å²) in [5.74, 6) is 2.85. The van der Waals surface area contributed by atoms with E-state index >= 15 is 0 Å². The van der Waals surface area contributed by atoms with Gasteiger partial charge in [-0.15, -0.1) is 0 Å². The van der Waals surface area contributed by atoms with Crippen molar-refractivity contribution in [1.29, 1.82) is 0 Å². The summed E-state index contributed by atoms with van der Waals surface area (Å²) in [5, 5.41) is 6.08. The van der Waals surface area contributed by atoms with E-state index in [-0.39, 0.29) is 5.91 Å². The second-order valence-corrected chi connectivity index (χ2v) is 6.85. The minimum absolute atomic E-state index is 0.283. The molecule has 0 aliphatic rings. The molecule has 0 aliphatic carbocycles. The predicted octanol–water partition coefficient (Wildman–Crippen LogP) is 4.90.